The van der Waals surface area contributed by atoms with E-state index >= 15 is 0 Å². The van der Waals surface area contributed by atoms with Crippen molar-refractivity contribution in [3.63, 3.8) is 0 Å². The third-order valence-corrected chi connectivity index (χ3v) is 4.45. The lowest BCUT2D eigenvalue weighted by atomic mass is 10.2. The van der Waals surface area contributed by atoms with Gasteiger partial charge in [-0.2, -0.15) is 0 Å². The fraction of sp³-hybridized carbons (Fsp3) is 0.200. The Morgan fingerprint density at radius 2 is 1.86 bits per heavy atom. The molecule has 1 N–H and O–H groups in total. The maximum Gasteiger partial charge on any atom is 0.323 e. The highest BCUT2D eigenvalue weighted by atomic mass is 35.5. The van der Waals surface area contributed by atoms with Gasteiger partial charge < -0.3 is 5.11 Å². The first-order valence-electron chi connectivity index (χ1n) is 6.24. The minimum Gasteiger partial charge on any atom is -0.480 e. The molecule has 0 unspecified atom stereocenters. The number of carbonyl (C=O) groups is 2. The molecular formula is C15H14ClNO3S. The Bertz CT molecular complexity index is 659. The molecule has 1 amide bonds. The van der Waals surface area contributed by atoms with Gasteiger partial charge >= 0.3 is 5.97 Å². The van der Waals surface area contributed by atoms with E-state index in [9.17, 15) is 9.59 Å². The zero-order valence-corrected chi connectivity index (χ0v) is 13.2. The van der Waals surface area contributed by atoms with Crippen LogP contribution in [-0.4, -0.2) is 23.5 Å². The zero-order chi connectivity index (χ0) is 15.6. The van der Waals surface area contributed by atoms with E-state index in [1.54, 1.807) is 30.3 Å². The fourth-order valence-electron chi connectivity index (χ4n) is 1.85. The van der Waals surface area contributed by atoms with E-state index in [0.29, 0.717) is 15.6 Å². The molecule has 0 aliphatic heterocycles. The third-order valence-electron chi connectivity index (χ3n) is 3.05. The highest BCUT2D eigenvalue weighted by Crippen LogP contribution is 2.25. The molecule has 2 rings (SSSR count). The summed E-state index contributed by atoms with van der Waals surface area (Å²) in [6.45, 7) is 3.46. The van der Waals surface area contributed by atoms with Gasteiger partial charge in [0.05, 0.1) is 4.88 Å². The minimum atomic E-state index is -1.07. The number of amides is 1. The largest absolute Gasteiger partial charge is 0.480 e. The molecule has 6 heteroatoms. The number of carboxylic acids is 1. The summed E-state index contributed by atoms with van der Waals surface area (Å²) >= 11 is 7.19. The van der Waals surface area contributed by atoms with E-state index in [2.05, 4.69) is 0 Å². The maximum atomic E-state index is 12.6. The zero-order valence-electron chi connectivity index (χ0n) is 11.6. The molecule has 0 aliphatic carbocycles. The number of carbonyl (C=O) groups excluding carboxylic acids is 1. The number of hydrogen-bond donors (Lipinski definition) is 1. The van der Waals surface area contributed by atoms with Crippen LogP contribution < -0.4 is 4.90 Å². The van der Waals surface area contributed by atoms with Gasteiger partial charge in [0.25, 0.3) is 5.91 Å². The van der Waals surface area contributed by atoms with Crippen LogP contribution in [0.15, 0.2) is 30.3 Å². The van der Waals surface area contributed by atoms with E-state index in [0.717, 1.165) is 10.4 Å². The van der Waals surface area contributed by atoms with Crippen molar-refractivity contribution >= 4 is 40.5 Å². The van der Waals surface area contributed by atoms with E-state index in [1.165, 1.54) is 16.2 Å². The van der Waals surface area contributed by atoms with E-state index in [-0.39, 0.29) is 5.91 Å². The van der Waals surface area contributed by atoms with E-state index in [1.807, 2.05) is 13.8 Å². The lowest BCUT2D eigenvalue weighted by Gasteiger charge is -2.20. The highest BCUT2D eigenvalue weighted by Gasteiger charge is 2.22. The Labute approximate surface area is 131 Å². The number of aliphatic carboxylic acids is 1. The number of thiophene rings is 1. The number of anilines is 1. The van der Waals surface area contributed by atoms with Gasteiger partial charge in [-0.15, -0.1) is 11.3 Å². The summed E-state index contributed by atoms with van der Waals surface area (Å²) in [6, 6.07) is 8.31. The van der Waals surface area contributed by atoms with Crippen LogP contribution in [0, 0.1) is 13.8 Å². The van der Waals surface area contributed by atoms with Crippen LogP contribution in [0.3, 0.4) is 0 Å². The Morgan fingerprint density at radius 3 is 2.33 bits per heavy atom. The van der Waals surface area contributed by atoms with Crippen molar-refractivity contribution in [3.8, 4) is 0 Å². The number of benzene rings is 1. The second kappa shape index (κ2) is 6.28. The van der Waals surface area contributed by atoms with Crippen molar-refractivity contribution in [2.75, 3.05) is 11.4 Å². The molecule has 4 nitrogen and oxygen atoms in total. The first-order valence-corrected chi connectivity index (χ1v) is 7.44. The van der Waals surface area contributed by atoms with Gasteiger partial charge in [0, 0.05) is 15.6 Å². The quantitative estimate of drug-likeness (QED) is 0.932. The lowest BCUT2D eigenvalue weighted by Crippen LogP contribution is -2.35. The van der Waals surface area contributed by atoms with E-state index in [4.69, 9.17) is 16.7 Å². The fourth-order valence-corrected chi connectivity index (χ4v) is 2.96. The summed E-state index contributed by atoms with van der Waals surface area (Å²) in [4.78, 5) is 26.4. The Morgan fingerprint density at radius 1 is 1.24 bits per heavy atom. The first kappa shape index (κ1) is 15.5. The van der Waals surface area contributed by atoms with Gasteiger partial charge in [-0.05, 0) is 49.7 Å². The van der Waals surface area contributed by atoms with E-state index < -0.39 is 12.5 Å². The van der Waals surface area contributed by atoms with Gasteiger partial charge in [0.2, 0.25) is 0 Å². The van der Waals surface area contributed by atoms with Gasteiger partial charge in [0.15, 0.2) is 0 Å². The predicted octanol–water partition coefficient (Wildman–Crippen LogP) is 3.75. The molecule has 0 radical (unpaired) electrons. The molecule has 0 atom stereocenters. The van der Waals surface area contributed by atoms with Crippen molar-refractivity contribution in [1.29, 1.82) is 0 Å². The first-order chi connectivity index (χ1) is 9.88. The van der Waals surface area contributed by atoms with Gasteiger partial charge in [-0.25, -0.2) is 0 Å². The molecular weight excluding hydrogens is 310 g/mol. The summed E-state index contributed by atoms with van der Waals surface area (Å²) in [7, 11) is 0. The van der Waals surface area contributed by atoms with Crippen LogP contribution in [0.4, 0.5) is 5.69 Å². The molecule has 2 aromatic rings. The second-order valence-corrected chi connectivity index (χ2v) is 6.30. The molecule has 0 bridgehead atoms. The summed E-state index contributed by atoms with van der Waals surface area (Å²) in [6.07, 6.45) is 0. The molecule has 0 aliphatic rings. The van der Waals surface area contributed by atoms with Crippen LogP contribution >= 0.6 is 22.9 Å². The van der Waals surface area contributed by atoms with Crippen LogP contribution in [0.1, 0.15) is 20.1 Å². The molecule has 0 fully saturated rings. The Balaban J connectivity index is 2.37. The number of carboxylic acid groups (broad SMARTS) is 1. The Hall–Kier alpha value is -1.85. The standard InChI is InChI=1S/C15H14ClNO3S/c1-9-7-13(21-10(9)2)15(20)17(8-14(18)19)12-5-3-11(16)4-6-12/h3-7H,8H2,1-2H3,(H,18,19). The summed E-state index contributed by atoms with van der Waals surface area (Å²) in [5.74, 6) is -1.38. The number of hydrogen-bond acceptors (Lipinski definition) is 3. The normalized spacial score (nSPS) is 10.4. The van der Waals surface area contributed by atoms with Crippen molar-refractivity contribution < 1.29 is 14.7 Å². The average molecular weight is 324 g/mol. The van der Waals surface area contributed by atoms with Crippen LogP contribution in [0.25, 0.3) is 0 Å². The van der Waals surface area contributed by atoms with Gasteiger partial charge in [0.1, 0.15) is 6.54 Å². The second-order valence-electron chi connectivity index (χ2n) is 4.61. The third kappa shape index (κ3) is 3.62. The lowest BCUT2D eigenvalue weighted by molar-refractivity contribution is -0.135. The summed E-state index contributed by atoms with van der Waals surface area (Å²) in [5.41, 5.74) is 1.53. The minimum absolute atomic E-state index is 0.319. The summed E-state index contributed by atoms with van der Waals surface area (Å²) in [5, 5.41) is 9.57. The van der Waals surface area contributed by atoms with Crippen molar-refractivity contribution in [2.24, 2.45) is 0 Å². The van der Waals surface area contributed by atoms with Crippen molar-refractivity contribution in [2.45, 2.75) is 13.8 Å². The molecule has 0 spiro atoms. The van der Waals surface area contributed by atoms with Crippen molar-refractivity contribution in [1.82, 2.24) is 0 Å². The number of aryl methyl sites for hydroxylation is 2. The molecule has 1 aromatic carbocycles. The molecule has 1 aromatic heterocycles. The average Bonchev–Trinajstić information content (AvgIpc) is 2.76. The summed E-state index contributed by atoms with van der Waals surface area (Å²) < 4.78 is 0. The molecule has 21 heavy (non-hydrogen) atoms. The van der Waals surface area contributed by atoms with Crippen molar-refractivity contribution in [3.05, 3.63) is 50.7 Å². The molecule has 110 valence electrons. The number of rotatable bonds is 4. The highest BCUT2D eigenvalue weighted by molar-refractivity contribution is 7.14. The van der Waals surface area contributed by atoms with Crippen LogP contribution in [0.2, 0.25) is 5.02 Å². The maximum absolute atomic E-state index is 12.6. The molecule has 0 saturated heterocycles. The topological polar surface area (TPSA) is 57.6 Å². The van der Waals surface area contributed by atoms with Gasteiger partial charge in [-0.3, -0.25) is 14.5 Å². The smallest absolute Gasteiger partial charge is 0.323 e. The number of halogens is 1. The van der Waals surface area contributed by atoms with Gasteiger partial charge in [-0.1, -0.05) is 11.6 Å². The molecule has 1 heterocycles. The SMILES string of the molecule is Cc1cc(C(=O)N(CC(=O)O)c2ccc(Cl)cc2)sc1C. The van der Waals surface area contributed by atoms with Crippen LogP contribution in [0.5, 0.6) is 0 Å². The predicted molar refractivity (Wildman–Crippen MR) is 84.6 cm³/mol. The molecule has 0 saturated carbocycles. The Kier molecular flexibility index (Phi) is 4.65. The monoisotopic (exact) mass is 323 g/mol. The number of nitrogens with zero attached hydrogens (tertiary/aromatic N) is 1. The van der Waals surface area contributed by atoms with Crippen LogP contribution in [-0.2, 0) is 4.79 Å².